The first kappa shape index (κ1) is 17.8. The number of benzene rings is 2. The van der Waals surface area contributed by atoms with Gasteiger partial charge in [0.1, 0.15) is 5.75 Å². The summed E-state index contributed by atoms with van der Waals surface area (Å²) in [4.78, 5) is 12.1. The molecule has 3 nitrogen and oxygen atoms in total. The molecule has 1 atom stereocenters. The third kappa shape index (κ3) is 4.50. The molecule has 2 rings (SSSR count). The Balaban J connectivity index is 2.03. The van der Waals surface area contributed by atoms with Crippen LogP contribution in [0.2, 0.25) is 0 Å². The summed E-state index contributed by atoms with van der Waals surface area (Å²) in [5.74, 6) is 0.313. The van der Waals surface area contributed by atoms with Crippen LogP contribution >= 0.6 is 0 Å². The van der Waals surface area contributed by atoms with E-state index in [1.165, 1.54) is 12.1 Å². The van der Waals surface area contributed by atoms with Crippen LogP contribution in [0.5, 0.6) is 5.75 Å². The molecule has 1 N–H and O–H groups in total. The van der Waals surface area contributed by atoms with E-state index >= 15 is 0 Å². The SMILES string of the molecule is CCOc1ccc(C(C)NC(=O)c2ccc(C(F)(F)F)cc2)cc1. The van der Waals surface area contributed by atoms with Crippen molar-refractivity contribution >= 4 is 5.91 Å². The maximum absolute atomic E-state index is 12.5. The molecule has 0 saturated carbocycles. The van der Waals surface area contributed by atoms with Crippen LogP contribution in [-0.2, 0) is 6.18 Å². The lowest BCUT2D eigenvalue weighted by Crippen LogP contribution is -2.26. The van der Waals surface area contributed by atoms with Gasteiger partial charge in [0.05, 0.1) is 18.2 Å². The van der Waals surface area contributed by atoms with E-state index in [-0.39, 0.29) is 11.6 Å². The van der Waals surface area contributed by atoms with E-state index in [1.54, 1.807) is 19.1 Å². The van der Waals surface area contributed by atoms with E-state index in [4.69, 9.17) is 4.74 Å². The summed E-state index contributed by atoms with van der Waals surface area (Å²) in [6, 6.07) is 11.1. The molecule has 2 aromatic carbocycles. The summed E-state index contributed by atoms with van der Waals surface area (Å²) in [5, 5.41) is 2.76. The zero-order valence-corrected chi connectivity index (χ0v) is 13.4. The molecule has 0 radical (unpaired) electrons. The molecule has 0 aliphatic heterocycles. The number of carbonyl (C=O) groups excluding carboxylic acids is 1. The van der Waals surface area contributed by atoms with Crippen LogP contribution in [0.15, 0.2) is 48.5 Å². The highest BCUT2D eigenvalue weighted by Gasteiger charge is 2.30. The van der Waals surface area contributed by atoms with Crippen molar-refractivity contribution < 1.29 is 22.7 Å². The summed E-state index contributed by atoms with van der Waals surface area (Å²) >= 11 is 0. The molecule has 0 aliphatic rings. The minimum atomic E-state index is -4.41. The summed E-state index contributed by atoms with van der Waals surface area (Å²) in [5.41, 5.74) is 0.276. The van der Waals surface area contributed by atoms with Crippen LogP contribution in [0.25, 0.3) is 0 Å². The molecule has 0 aromatic heterocycles. The number of ether oxygens (including phenoxy) is 1. The number of hydrogen-bond donors (Lipinski definition) is 1. The molecule has 24 heavy (non-hydrogen) atoms. The minimum absolute atomic E-state index is 0.181. The van der Waals surface area contributed by atoms with Gasteiger partial charge in [-0.15, -0.1) is 0 Å². The van der Waals surface area contributed by atoms with Crippen molar-refractivity contribution in [2.24, 2.45) is 0 Å². The van der Waals surface area contributed by atoms with Gasteiger partial charge in [0.15, 0.2) is 0 Å². The third-order valence-electron chi connectivity index (χ3n) is 3.51. The van der Waals surface area contributed by atoms with Gasteiger partial charge in [0.2, 0.25) is 0 Å². The Morgan fingerprint density at radius 2 is 1.67 bits per heavy atom. The molecule has 0 saturated heterocycles. The molecule has 1 amide bonds. The van der Waals surface area contributed by atoms with Gasteiger partial charge in [-0.25, -0.2) is 0 Å². The van der Waals surface area contributed by atoms with E-state index in [1.807, 2.05) is 19.1 Å². The summed E-state index contributed by atoms with van der Waals surface area (Å²) in [7, 11) is 0. The van der Waals surface area contributed by atoms with Gasteiger partial charge in [-0.05, 0) is 55.8 Å². The molecule has 0 bridgehead atoms. The number of rotatable bonds is 5. The topological polar surface area (TPSA) is 38.3 Å². The van der Waals surface area contributed by atoms with E-state index in [0.717, 1.165) is 23.4 Å². The maximum atomic E-state index is 12.5. The molecule has 128 valence electrons. The number of halogens is 3. The highest BCUT2D eigenvalue weighted by atomic mass is 19.4. The lowest BCUT2D eigenvalue weighted by Gasteiger charge is -2.15. The van der Waals surface area contributed by atoms with Crippen molar-refractivity contribution in [2.75, 3.05) is 6.61 Å². The Morgan fingerprint density at radius 3 is 2.17 bits per heavy atom. The predicted octanol–water partition coefficient (Wildman–Crippen LogP) is 4.60. The number of alkyl halides is 3. The zero-order valence-electron chi connectivity index (χ0n) is 13.4. The second kappa shape index (κ2) is 7.38. The Kier molecular flexibility index (Phi) is 5.49. The first-order chi connectivity index (χ1) is 11.3. The van der Waals surface area contributed by atoms with E-state index < -0.39 is 17.6 Å². The van der Waals surface area contributed by atoms with Gasteiger partial charge in [0, 0.05) is 5.56 Å². The zero-order chi connectivity index (χ0) is 17.7. The first-order valence-corrected chi connectivity index (χ1v) is 7.52. The van der Waals surface area contributed by atoms with E-state index in [2.05, 4.69) is 5.32 Å². The Morgan fingerprint density at radius 1 is 1.08 bits per heavy atom. The van der Waals surface area contributed by atoms with Gasteiger partial charge in [-0.3, -0.25) is 4.79 Å². The second-order valence-corrected chi connectivity index (χ2v) is 5.27. The second-order valence-electron chi connectivity index (χ2n) is 5.27. The van der Waals surface area contributed by atoms with Gasteiger partial charge in [-0.2, -0.15) is 13.2 Å². The van der Waals surface area contributed by atoms with Crippen LogP contribution in [0, 0.1) is 0 Å². The number of carbonyl (C=O) groups is 1. The van der Waals surface area contributed by atoms with Crippen molar-refractivity contribution in [1.29, 1.82) is 0 Å². The summed E-state index contributed by atoms with van der Waals surface area (Å²) in [6.07, 6.45) is -4.41. The van der Waals surface area contributed by atoms with E-state index in [0.29, 0.717) is 6.61 Å². The van der Waals surface area contributed by atoms with E-state index in [9.17, 15) is 18.0 Å². The Bertz CT molecular complexity index is 679. The molecule has 2 aromatic rings. The number of hydrogen-bond acceptors (Lipinski definition) is 2. The third-order valence-corrected chi connectivity index (χ3v) is 3.51. The molecule has 0 spiro atoms. The molecular formula is C18H18F3NO2. The molecule has 0 heterocycles. The fraction of sp³-hybridized carbons (Fsp3) is 0.278. The quantitative estimate of drug-likeness (QED) is 0.866. The van der Waals surface area contributed by atoms with Crippen LogP contribution in [-0.4, -0.2) is 12.5 Å². The van der Waals surface area contributed by atoms with Crippen LogP contribution in [0.1, 0.15) is 41.4 Å². The molecule has 0 fully saturated rings. The monoisotopic (exact) mass is 337 g/mol. The van der Waals surface area contributed by atoms with Crippen LogP contribution in [0.3, 0.4) is 0 Å². The van der Waals surface area contributed by atoms with Crippen molar-refractivity contribution in [1.82, 2.24) is 5.32 Å². The molecular weight excluding hydrogens is 319 g/mol. The van der Waals surface area contributed by atoms with Crippen LogP contribution in [0.4, 0.5) is 13.2 Å². The average molecular weight is 337 g/mol. The van der Waals surface area contributed by atoms with Crippen molar-refractivity contribution in [3.05, 3.63) is 65.2 Å². The number of nitrogens with one attached hydrogen (secondary N) is 1. The summed E-state index contributed by atoms with van der Waals surface area (Å²) in [6.45, 7) is 4.26. The lowest BCUT2D eigenvalue weighted by molar-refractivity contribution is -0.137. The van der Waals surface area contributed by atoms with Crippen LogP contribution < -0.4 is 10.1 Å². The number of amides is 1. The minimum Gasteiger partial charge on any atom is -0.494 e. The first-order valence-electron chi connectivity index (χ1n) is 7.52. The fourth-order valence-corrected chi connectivity index (χ4v) is 2.19. The highest BCUT2D eigenvalue weighted by Crippen LogP contribution is 2.29. The maximum Gasteiger partial charge on any atom is 0.416 e. The fourth-order valence-electron chi connectivity index (χ4n) is 2.19. The normalized spacial score (nSPS) is 12.5. The standard InChI is InChI=1S/C18H18F3NO2/c1-3-24-16-10-6-13(7-11-16)12(2)22-17(23)14-4-8-15(9-5-14)18(19,20)21/h4-12H,3H2,1-2H3,(H,22,23). The Labute approximate surface area is 138 Å². The van der Waals surface area contributed by atoms with Gasteiger partial charge < -0.3 is 10.1 Å². The average Bonchev–Trinajstić information content (AvgIpc) is 2.55. The predicted molar refractivity (Wildman–Crippen MR) is 84.9 cm³/mol. The molecule has 6 heteroatoms. The smallest absolute Gasteiger partial charge is 0.416 e. The molecule has 0 aliphatic carbocycles. The van der Waals surface area contributed by atoms with Crippen molar-refractivity contribution in [2.45, 2.75) is 26.1 Å². The Hall–Kier alpha value is -2.50. The van der Waals surface area contributed by atoms with Gasteiger partial charge in [-0.1, -0.05) is 12.1 Å². The largest absolute Gasteiger partial charge is 0.494 e. The lowest BCUT2D eigenvalue weighted by atomic mass is 10.1. The van der Waals surface area contributed by atoms with Crippen molar-refractivity contribution in [3.8, 4) is 5.75 Å². The van der Waals surface area contributed by atoms with Gasteiger partial charge >= 0.3 is 6.18 Å². The highest BCUT2D eigenvalue weighted by molar-refractivity contribution is 5.94. The molecule has 1 unspecified atom stereocenters. The summed E-state index contributed by atoms with van der Waals surface area (Å²) < 4.78 is 42.9. The van der Waals surface area contributed by atoms with Gasteiger partial charge in [0.25, 0.3) is 5.91 Å². The van der Waals surface area contributed by atoms with Crippen molar-refractivity contribution in [3.63, 3.8) is 0 Å².